The molecule has 11 heavy (non-hydrogen) atoms. The molecule has 0 radical (unpaired) electrons. The molecule has 1 N–H and O–H groups in total. The van der Waals surface area contributed by atoms with Crippen LogP contribution in [0.4, 0.5) is 0 Å². The summed E-state index contributed by atoms with van der Waals surface area (Å²) in [5.74, 6) is 0. The van der Waals surface area contributed by atoms with E-state index in [1.54, 1.807) is 0 Å². The molecule has 0 aliphatic heterocycles. The lowest BCUT2D eigenvalue weighted by molar-refractivity contribution is 0.360. The molecule has 0 aliphatic carbocycles. The van der Waals surface area contributed by atoms with Crippen LogP contribution < -0.4 is 0 Å². The highest BCUT2D eigenvalue weighted by Gasteiger charge is 1.96. The SMILES string of the molecule is Cc1ccc(C(=S)CO)cc1. The van der Waals surface area contributed by atoms with E-state index in [0.717, 1.165) is 5.56 Å². The number of rotatable bonds is 2. The average Bonchev–Trinajstić information content (AvgIpc) is 2.05. The summed E-state index contributed by atoms with van der Waals surface area (Å²) in [4.78, 5) is 0.602. The average molecular weight is 166 g/mol. The molecular weight excluding hydrogens is 156 g/mol. The fourth-order valence-corrected chi connectivity index (χ4v) is 0.967. The van der Waals surface area contributed by atoms with Crippen molar-refractivity contribution in [1.29, 1.82) is 0 Å². The van der Waals surface area contributed by atoms with Crippen LogP contribution in [0.15, 0.2) is 24.3 Å². The highest BCUT2D eigenvalue weighted by atomic mass is 32.1. The van der Waals surface area contributed by atoms with Crippen LogP contribution in [-0.4, -0.2) is 16.6 Å². The second kappa shape index (κ2) is 3.60. The second-order valence-corrected chi connectivity index (χ2v) is 2.94. The maximum atomic E-state index is 8.72. The molecule has 0 saturated carbocycles. The van der Waals surface area contributed by atoms with E-state index in [0.29, 0.717) is 4.86 Å². The summed E-state index contributed by atoms with van der Waals surface area (Å²) in [6.07, 6.45) is 0. The molecule has 1 aromatic carbocycles. The van der Waals surface area contributed by atoms with E-state index in [1.165, 1.54) is 5.56 Å². The van der Waals surface area contributed by atoms with Gasteiger partial charge in [0.15, 0.2) is 0 Å². The summed E-state index contributed by atoms with van der Waals surface area (Å²) in [7, 11) is 0. The number of aryl methyl sites for hydroxylation is 1. The van der Waals surface area contributed by atoms with Crippen molar-refractivity contribution in [3.8, 4) is 0 Å². The van der Waals surface area contributed by atoms with Gasteiger partial charge in [-0.2, -0.15) is 0 Å². The third-order valence-electron chi connectivity index (χ3n) is 1.52. The minimum Gasteiger partial charge on any atom is -0.391 e. The number of hydrogen-bond donors (Lipinski definition) is 1. The zero-order valence-electron chi connectivity index (χ0n) is 6.37. The Balaban J connectivity index is 2.90. The van der Waals surface area contributed by atoms with Crippen LogP contribution in [-0.2, 0) is 0 Å². The molecular formula is C9H10OS. The highest BCUT2D eigenvalue weighted by molar-refractivity contribution is 7.80. The van der Waals surface area contributed by atoms with Gasteiger partial charge >= 0.3 is 0 Å². The van der Waals surface area contributed by atoms with Crippen molar-refractivity contribution in [1.82, 2.24) is 0 Å². The third-order valence-corrected chi connectivity index (χ3v) is 1.88. The number of thiocarbonyl (C=S) groups is 1. The summed E-state index contributed by atoms with van der Waals surface area (Å²) in [6, 6.07) is 7.82. The standard InChI is InChI=1S/C9H10OS/c1-7-2-4-8(5-3-7)9(11)6-10/h2-5,10H,6H2,1H3. The molecule has 0 unspecified atom stereocenters. The van der Waals surface area contributed by atoms with E-state index in [2.05, 4.69) is 0 Å². The summed E-state index contributed by atoms with van der Waals surface area (Å²) in [5.41, 5.74) is 2.14. The number of aliphatic hydroxyl groups is 1. The van der Waals surface area contributed by atoms with Gasteiger partial charge in [0.1, 0.15) is 0 Å². The van der Waals surface area contributed by atoms with Crippen LogP contribution in [0.5, 0.6) is 0 Å². The van der Waals surface area contributed by atoms with Crippen molar-refractivity contribution in [3.63, 3.8) is 0 Å². The highest BCUT2D eigenvalue weighted by Crippen LogP contribution is 2.04. The van der Waals surface area contributed by atoms with Gasteiger partial charge in [0.2, 0.25) is 0 Å². The molecule has 1 rings (SSSR count). The first-order chi connectivity index (χ1) is 5.24. The van der Waals surface area contributed by atoms with E-state index in [4.69, 9.17) is 17.3 Å². The zero-order valence-corrected chi connectivity index (χ0v) is 7.19. The fourth-order valence-electron chi connectivity index (χ4n) is 0.831. The molecule has 0 fully saturated rings. The first-order valence-electron chi connectivity index (χ1n) is 3.45. The minimum absolute atomic E-state index is 0.0433. The van der Waals surface area contributed by atoms with Crippen LogP contribution in [0, 0.1) is 6.92 Å². The Kier molecular flexibility index (Phi) is 2.74. The first kappa shape index (κ1) is 8.37. The van der Waals surface area contributed by atoms with Gasteiger partial charge in [-0.25, -0.2) is 0 Å². The lowest BCUT2D eigenvalue weighted by Crippen LogP contribution is -2.01. The van der Waals surface area contributed by atoms with Gasteiger partial charge in [0.05, 0.1) is 6.61 Å². The van der Waals surface area contributed by atoms with Crippen molar-refractivity contribution in [2.75, 3.05) is 6.61 Å². The second-order valence-electron chi connectivity index (χ2n) is 2.45. The fraction of sp³-hybridized carbons (Fsp3) is 0.222. The van der Waals surface area contributed by atoms with Crippen LogP contribution in [0.2, 0.25) is 0 Å². The topological polar surface area (TPSA) is 20.2 Å². The molecule has 0 amide bonds. The number of benzene rings is 1. The smallest absolute Gasteiger partial charge is 0.0788 e. The summed E-state index contributed by atoms with van der Waals surface area (Å²) >= 11 is 4.92. The van der Waals surface area contributed by atoms with Crippen LogP contribution in [0.1, 0.15) is 11.1 Å². The predicted octanol–water partition coefficient (Wildman–Crippen LogP) is 1.71. The Labute approximate surface area is 71.7 Å². The Morgan fingerprint density at radius 3 is 2.36 bits per heavy atom. The number of hydrogen-bond acceptors (Lipinski definition) is 2. The molecule has 0 aliphatic rings. The summed E-state index contributed by atoms with van der Waals surface area (Å²) in [6.45, 7) is 1.98. The molecule has 1 aromatic rings. The predicted molar refractivity (Wildman–Crippen MR) is 50.0 cm³/mol. The molecule has 0 heterocycles. The van der Waals surface area contributed by atoms with Gasteiger partial charge in [0, 0.05) is 4.86 Å². The van der Waals surface area contributed by atoms with E-state index in [-0.39, 0.29) is 6.61 Å². The monoisotopic (exact) mass is 166 g/mol. The summed E-state index contributed by atoms with van der Waals surface area (Å²) in [5, 5.41) is 8.72. The van der Waals surface area contributed by atoms with E-state index in [1.807, 2.05) is 31.2 Å². The van der Waals surface area contributed by atoms with Gasteiger partial charge in [-0.15, -0.1) is 0 Å². The number of aliphatic hydroxyl groups excluding tert-OH is 1. The molecule has 1 nitrogen and oxygen atoms in total. The molecule has 0 aromatic heterocycles. The Morgan fingerprint density at radius 2 is 1.91 bits per heavy atom. The van der Waals surface area contributed by atoms with E-state index >= 15 is 0 Å². The van der Waals surface area contributed by atoms with Crippen molar-refractivity contribution < 1.29 is 5.11 Å². The van der Waals surface area contributed by atoms with Crippen molar-refractivity contribution >= 4 is 17.1 Å². The minimum atomic E-state index is -0.0433. The van der Waals surface area contributed by atoms with Crippen LogP contribution >= 0.6 is 12.2 Å². The third kappa shape index (κ3) is 2.10. The van der Waals surface area contributed by atoms with Crippen LogP contribution in [0.3, 0.4) is 0 Å². The van der Waals surface area contributed by atoms with Crippen molar-refractivity contribution in [2.24, 2.45) is 0 Å². The normalized spacial score (nSPS) is 9.64. The van der Waals surface area contributed by atoms with E-state index in [9.17, 15) is 0 Å². The zero-order chi connectivity index (χ0) is 8.27. The lowest BCUT2D eigenvalue weighted by atomic mass is 10.1. The molecule has 2 heteroatoms. The van der Waals surface area contributed by atoms with Crippen LogP contribution in [0.25, 0.3) is 0 Å². The molecule has 0 spiro atoms. The Bertz CT molecular complexity index is 251. The van der Waals surface area contributed by atoms with Crippen molar-refractivity contribution in [2.45, 2.75) is 6.92 Å². The van der Waals surface area contributed by atoms with Gasteiger partial charge in [-0.05, 0) is 12.5 Å². The van der Waals surface area contributed by atoms with Gasteiger partial charge in [0.25, 0.3) is 0 Å². The molecule has 58 valence electrons. The van der Waals surface area contributed by atoms with E-state index < -0.39 is 0 Å². The van der Waals surface area contributed by atoms with Gasteiger partial charge in [-0.1, -0.05) is 42.0 Å². The maximum Gasteiger partial charge on any atom is 0.0788 e. The molecule has 0 saturated heterocycles. The summed E-state index contributed by atoms with van der Waals surface area (Å²) < 4.78 is 0. The maximum absolute atomic E-state index is 8.72. The van der Waals surface area contributed by atoms with Gasteiger partial charge in [-0.3, -0.25) is 0 Å². The van der Waals surface area contributed by atoms with Crippen molar-refractivity contribution in [3.05, 3.63) is 35.4 Å². The first-order valence-corrected chi connectivity index (χ1v) is 3.85. The lowest BCUT2D eigenvalue weighted by Gasteiger charge is -1.99. The molecule has 0 bridgehead atoms. The Morgan fingerprint density at radius 1 is 1.36 bits per heavy atom. The largest absolute Gasteiger partial charge is 0.391 e. The Hall–Kier alpha value is -0.730. The van der Waals surface area contributed by atoms with Gasteiger partial charge < -0.3 is 5.11 Å². The molecule has 0 atom stereocenters. The quantitative estimate of drug-likeness (QED) is 0.533.